The first kappa shape index (κ1) is 27.3. The highest BCUT2D eigenvalue weighted by molar-refractivity contribution is 7.92. The Balaban J connectivity index is 2.47. The van der Waals surface area contributed by atoms with Gasteiger partial charge in [-0.15, -0.1) is 0 Å². The Morgan fingerprint density at radius 2 is 1.45 bits per heavy atom. The highest BCUT2D eigenvalue weighted by Gasteiger charge is 2.21. The lowest BCUT2D eigenvalue weighted by molar-refractivity contribution is -0.145. The molecule has 0 saturated carbocycles. The average molecular weight is 456 g/mol. The number of nitrogens with one attached hydrogen (secondary N) is 1. The van der Waals surface area contributed by atoms with Crippen LogP contribution in [0.4, 0.5) is 5.69 Å². The van der Waals surface area contributed by atoms with Crippen molar-refractivity contribution in [3.05, 3.63) is 24.3 Å². The van der Waals surface area contributed by atoms with Gasteiger partial charge in [-0.1, -0.05) is 90.2 Å². The second-order valence-corrected chi connectivity index (χ2v) is 10.0. The van der Waals surface area contributed by atoms with Gasteiger partial charge in [-0.05, 0) is 31.4 Å². The molecule has 0 radical (unpaired) electrons. The molecular weight excluding hydrogens is 414 g/mol. The summed E-state index contributed by atoms with van der Waals surface area (Å²) >= 11 is 0. The fourth-order valence-corrected chi connectivity index (χ4v) is 4.68. The van der Waals surface area contributed by atoms with Crippen LogP contribution >= 0.6 is 0 Å². The maximum Gasteiger partial charge on any atom is 0.344 e. The molecule has 0 bridgehead atoms. The van der Waals surface area contributed by atoms with Crippen molar-refractivity contribution in [3.8, 4) is 5.75 Å². The highest BCUT2D eigenvalue weighted by Crippen LogP contribution is 2.27. The van der Waals surface area contributed by atoms with Crippen molar-refractivity contribution >= 4 is 21.7 Å². The van der Waals surface area contributed by atoms with Gasteiger partial charge in [0.2, 0.25) is 10.0 Å². The molecule has 0 heterocycles. The smallest absolute Gasteiger partial charge is 0.344 e. The first-order valence-corrected chi connectivity index (χ1v) is 13.5. The van der Waals surface area contributed by atoms with Crippen LogP contribution in [0.25, 0.3) is 0 Å². The number of ether oxygens (including phenoxy) is 1. The fraction of sp³-hybridized carbons (Fsp3) is 0.708. The Morgan fingerprint density at radius 1 is 0.903 bits per heavy atom. The van der Waals surface area contributed by atoms with Crippen molar-refractivity contribution in [2.45, 2.75) is 103 Å². The van der Waals surface area contributed by atoms with Crippen LogP contribution in [0.5, 0.6) is 5.75 Å². The van der Waals surface area contributed by atoms with Crippen molar-refractivity contribution in [1.29, 1.82) is 0 Å². The zero-order chi connectivity index (χ0) is 23.0. The number of rotatable bonds is 19. The lowest BCUT2D eigenvalue weighted by Crippen LogP contribution is -2.27. The standard InChI is InChI=1S/C24H41NO5S/c1-3-5-7-8-9-10-11-12-13-14-19-23(24(26)27)30-22-18-16-15-17-21(22)25-31(28,29)20-6-4-2/h15-18,23,25H,3-14,19-20H2,1-2H3,(H,26,27). The number of hydrogen-bond donors (Lipinski definition) is 2. The normalized spacial score (nSPS) is 12.5. The number of carboxylic acid groups (broad SMARTS) is 1. The summed E-state index contributed by atoms with van der Waals surface area (Å²) in [6.45, 7) is 4.15. The molecular formula is C24H41NO5S. The zero-order valence-electron chi connectivity index (χ0n) is 19.3. The Morgan fingerprint density at radius 3 is 2.03 bits per heavy atom. The number of hydrogen-bond acceptors (Lipinski definition) is 4. The van der Waals surface area contributed by atoms with Crippen LogP contribution in [0.3, 0.4) is 0 Å². The van der Waals surface area contributed by atoms with Crippen molar-refractivity contribution in [3.63, 3.8) is 0 Å². The second kappa shape index (κ2) is 16.0. The Bertz CT molecular complexity index is 720. The lowest BCUT2D eigenvalue weighted by Gasteiger charge is -2.18. The molecule has 0 spiro atoms. The molecule has 1 rings (SSSR count). The molecule has 0 saturated heterocycles. The van der Waals surface area contributed by atoms with Crippen LogP contribution < -0.4 is 9.46 Å². The maximum atomic E-state index is 12.2. The molecule has 0 aliphatic carbocycles. The summed E-state index contributed by atoms with van der Waals surface area (Å²) in [5.41, 5.74) is 0.285. The molecule has 1 aromatic carbocycles. The topological polar surface area (TPSA) is 92.7 Å². The lowest BCUT2D eigenvalue weighted by atomic mass is 10.0. The second-order valence-electron chi connectivity index (χ2n) is 8.19. The van der Waals surface area contributed by atoms with Crippen LogP contribution in [0.15, 0.2) is 24.3 Å². The molecule has 31 heavy (non-hydrogen) atoms. The quantitative estimate of drug-likeness (QED) is 0.236. The molecule has 0 aliphatic rings. The summed E-state index contributed by atoms with van der Waals surface area (Å²) in [6.07, 6.45) is 12.6. The van der Waals surface area contributed by atoms with E-state index in [9.17, 15) is 18.3 Å². The van der Waals surface area contributed by atoms with Crippen LogP contribution in [0.2, 0.25) is 0 Å². The molecule has 178 valence electrons. The van der Waals surface area contributed by atoms with Crippen LogP contribution in [0, 0.1) is 0 Å². The van der Waals surface area contributed by atoms with Gasteiger partial charge in [0, 0.05) is 0 Å². The molecule has 7 heteroatoms. The number of aliphatic carboxylic acids is 1. The van der Waals surface area contributed by atoms with Gasteiger partial charge in [-0.25, -0.2) is 13.2 Å². The predicted molar refractivity (Wildman–Crippen MR) is 127 cm³/mol. The van der Waals surface area contributed by atoms with Crippen molar-refractivity contribution in [2.75, 3.05) is 10.5 Å². The van der Waals surface area contributed by atoms with Gasteiger partial charge in [0.05, 0.1) is 11.4 Å². The van der Waals surface area contributed by atoms with Gasteiger partial charge in [-0.3, -0.25) is 4.72 Å². The average Bonchev–Trinajstić information content (AvgIpc) is 2.73. The third kappa shape index (κ3) is 12.6. The third-order valence-electron chi connectivity index (χ3n) is 5.28. The van der Waals surface area contributed by atoms with E-state index in [0.717, 1.165) is 25.7 Å². The number of unbranched alkanes of at least 4 members (excludes halogenated alkanes) is 10. The van der Waals surface area contributed by atoms with E-state index in [-0.39, 0.29) is 17.2 Å². The van der Waals surface area contributed by atoms with Crippen LogP contribution in [-0.4, -0.2) is 31.4 Å². The molecule has 6 nitrogen and oxygen atoms in total. The van der Waals surface area contributed by atoms with Gasteiger partial charge in [-0.2, -0.15) is 0 Å². The number of para-hydroxylation sites is 2. The van der Waals surface area contributed by atoms with Gasteiger partial charge in [0.1, 0.15) is 5.75 Å². The third-order valence-corrected chi connectivity index (χ3v) is 6.64. The zero-order valence-corrected chi connectivity index (χ0v) is 20.1. The molecule has 1 unspecified atom stereocenters. The van der Waals surface area contributed by atoms with Crippen molar-refractivity contribution < 1.29 is 23.1 Å². The molecule has 0 amide bonds. The van der Waals surface area contributed by atoms with E-state index >= 15 is 0 Å². The highest BCUT2D eigenvalue weighted by atomic mass is 32.2. The van der Waals surface area contributed by atoms with E-state index in [1.807, 2.05) is 6.92 Å². The minimum absolute atomic E-state index is 0.0266. The fourth-order valence-electron chi connectivity index (χ4n) is 3.41. The Kier molecular flexibility index (Phi) is 14.0. The molecule has 0 aliphatic heterocycles. The van der Waals surface area contributed by atoms with Crippen molar-refractivity contribution in [2.24, 2.45) is 0 Å². The number of benzene rings is 1. The SMILES string of the molecule is CCCCCCCCCCCCC(Oc1ccccc1NS(=O)(=O)CCCC)C(=O)O. The first-order chi connectivity index (χ1) is 14.9. The molecule has 0 fully saturated rings. The van der Waals surface area contributed by atoms with Gasteiger partial charge >= 0.3 is 5.97 Å². The van der Waals surface area contributed by atoms with Crippen LogP contribution in [-0.2, 0) is 14.8 Å². The van der Waals surface area contributed by atoms with Crippen LogP contribution in [0.1, 0.15) is 97.3 Å². The minimum Gasteiger partial charge on any atom is -0.479 e. The van der Waals surface area contributed by atoms with E-state index in [2.05, 4.69) is 11.6 Å². The minimum atomic E-state index is -3.49. The number of sulfonamides is 1. The van der Waals surface area contributed by atoms with E-state index in [1.54, 1.807) is 24.3 Å². The van der Waals surface area contributed by atoms with E-state index in [4.69, 9.17) is 4.74 Å². The summed E-state index contributed by atoms with van der Waals surface area (Å²) < 4.78 is 32.7. The Labute approximate surface area is 188 Å². The number of anilines is 1. The summed E-state index contributed by atoms with van der Waals surface area (Å²) in [5, 5.41) is 9.55. The largest absolute Gasteiger partial charge is 0.479 e. The van der Waals surface area contributed by atoms with Crippen molar-refractivity contribution in [1.82, 2.24) is 0 Å². The Hall–Kier alpha value is -1.76. The molecule has 1 atom stereocenters. The summed E-state index contributed by atoms with van der Waals surface area (Å²) in [5.74, 6) is -0.750. The molecule has 0 aromatic heterocycles. The van der Waals surface area contributed by atoms with Gasteiger partial charge in [0.15, 0.2) is 6.10 Å². The van der Waals surface area contributed by atoms with E-state index in [1.165, 1.54) is 44.9 Å². The maximum absolute atomic E-state index is 12.2. The van der Waals surface area contributed by atoms with E-state index < -0.39 is 22.1 Å². The summed E-state index contributed by atoms with van der Waals surface area (Å²) in [6, 6.07) is 6.60. The monoisotopic (exact) mass is 455 g/mol. The summed E-state index contributed by atoms with van der Waals surface area (Å²) in [7, 11) is -3.49. The molecule has 1 aromatic rings. The van der Waals surface area contributed by atoms with E-state index in [0.29, 0.717) is 12.8 Å². The summed E-state index contributed by atoms with van der Waals surface area (Å²) in [4.78, 5) is 11.7. The number of carbonyl (C=O) groups is 1. The van der Waals surface area contributed by atoms with Gasteiger partial charge < -0.3 is 9.84 Å². The van der Waals surface area contributed by atoms with Gasteiger partial charge in [0.25, 0.3) is 0 Å². The first-order valence-electron chi connectivity index (χ1n) is 11.9. The predicted octanol–water partition coefficient (Wildman–Crippen LogP) is 6.37. The molecule has 2 N–H and O–H groups in total. The number of carboxylic acids is 1.